The molecule has 0 aliphatic carbocycles. The SMILES string of the molecule is CN=C(NCCN(C)C(=O)OC(C)(C)C)NCc1cc(OC)c(OC)c(OC)c1. The molecular formula is C20H34N4O5. The zero-order valence-corrected chi connectivity index (χ0v) is 18.7. The molecule has 0 fully saturated rings. The molecule has 0 aromatic heterocycles. The predicted octanol–water partition coefficient (Wildman–Crippen LogP) is 2.24. The van der Waals surface area contributed by atoms with Gasteiger partial charge in [-0.3, -0.25) is 4.99 Å². The lowest BCUT2D eigenvalue weighted by Gasteiger charge is -2.25. The summed E-state index contributed by atoms with van der Waals surface area (Å²) < 4.78 is 21.4. The maximum Gasteiger partial charge on any atom is 0.410 e. The van der Waals surface area contributed by atoms with Crippen LogP contribution in [-0.2, 0) is 11.3 Å². The summed E-state index contributed by atoms with van der Waals surface area (Å²) >= 11 is 0. The molecule has 1 rings (SSSR count). The molecule has 1 aromatic rings. The molecule has 164 valence electrons. The van der Waals surface area contributed by atoms with E-state index < -0.39 is 5.60 Å². The first-order valence-electron chi connectivity index (χ1n) is 9.32. The number of carbonyl (C=O) groups is 1. The van der Waals surface area contributed by atoms with Crippen molar-refractivity contribution in [1.82, 2.24) is 15.5 Å². The van der Waals surface area contributed by atoms with E-state index in [0.717, 1.165) is 5.56 Å². The number of benzene rings is 1. The minimum atomic E-state index is -0.517. The first kappa shape index (κ1) is 24.2. The topological polar surface area (TPSA) is 93.7 Å². The molecule has 0 saturated heterocycles. The maximum absolute atomic E-state index is 12.0. The van der Waals surface area contributed by atoms with Crippen molar-refractivity contribution in [3.8, 4) is 17.2 Å². The van der Waals surface area contributed by atoms with E-state index in [2.05, 4.69) is 15.6 Å². The predicted molar refractivity (Wildman–Crippen MR) is 113 cm³/mol. The molecule has 0 heterocycles. The summed E-state index contributed by atoms with van der Waals surface area (Å²) in [6, 6.07) is 3.75. The Bertz CT molecular complexity index is 676. The van der Waals surface area contributed by atoms with Gasteiger partial charge in [-0.2, -0.15) is 0 Å². The average molecular weight is 411 g/mol. The van der Waals surface area contributed by atoms with E-state index in [0.29, 0.717) is 42.8 Å². The van der Waals surface area contributed by atoms with Crippen molar-refractivity contribution < 1.29 is 23.7 Å². The zero-order chi connectivity index (χ0) is 22.0. The van der Waals surface area contributed by atoms with Gasteiger partial charge in [0, 0.05) is 33.7 Å². The van der Waals surface area contributed by atoms with Crippen LogP contribution in [0.3, 0.4) is 0 Å². The van der Waals surface area contributed by atoms with Crippen molar-refractivity contribution in [2.75, 3.05) is 48.5 Å². The highest BCUT2D eigenvalue weighted by Crippen LogP contribution is 2.38. The molecule has 9 heteroatoms. The van der Waals surface area contributed by atoms with Crippen molar-refractivity contribution in [2.24, 2.45) is 4.99 Å². The summed E-state index contributed by atoms with van der Waals surface area (Å²) in [5.41, 5.74) is 0.421. The molecular weight excluding hydrogens is 376 g/mol. The summed E-state index contributed by atoms with van der Waals surface area (Å²) in [6.07, 6.45) is -0.361. The van der Waals surface area contributed by atoms with Crippen molar-refractivity contribution in [3.05, 3.63) is 17.7 Å². The Morgan fingerprint density at radius 3 is 2.10 bits per heavy atom. The van der Waals surface area contributed by atoms with Crippen LogP contribution in [0.2, 0.25) is 0 Å². The van der Waals surface area contributed by atoms with Crippen LogP contribution < -0.4 is 24.8 Å². The van der Waals surface area contributed by atoms with E-state index in [-0.39, 0.29) is 6.09 Å². The number of nitrogens with zero attached hydrogens (tertiary/aromatic N) is 2. The number of guanidine groups is 1. The second-order valence-electron chi connectivity index (χ2n) is 7.29. The van der Waals surface area contributed by atoms with E-state index in [9.17, 15) is 4.79 Å². The molecule has 0 spiro atoms. The quantitative estimate of drug-likeness (QED) is 0.501. The van der Waals surface area contributed by atoms with Crippen LogP contribution in [-0.4, -0.2) is 71.1 Å². The summed E-state index contributed by atoms with van der Waals surface area (Å²) in [4.78, 5) is 17.7. The van der Waals surface area contributed by atoms with Crippen LogP contribution in [0.25, 0.3) is 0 Å². The highest BCUT2D eigenvalue weighted by atomic mass is 16.6. The number of hydrogen-bond donors (Lipinski definition) is 2. The van der Waals surface area contributed by atoms with Gasteiger partial charge >= 0.3 is 6.09 Å². The van der Waals surface area contributed by atoms with E-state index in [4.69, 9.17) is 18.9 Å². The molecule has 0 saturated carbocycles. The standard InChI is InChI=1S/C20H34N4O5/c1-20(2,3)29-19(25)24(5)10-9-22-18(21-4)23-13-14-11-15(26-6)17(28-8)16(12-14)27-7/h11-12H,9-10,13H2,1-8H3,(H2,21,22,23). The van der Waals surface area contributed by atoms with Crippen molar-refractivity contribution in [3.63, 3.8) is 0 Å². The van der Waals surface area contributed by atoms with Gasteiger partial charge in [-0.15, -0.1) is 0 Å². The van der Waals surface area contributed by atoms with E-state index in [1.54, 1.807) is 35.4 Å². The lowest BCUT2D eigenvalue weighted by molar-refractivity contribution is 0.0302. The largest absolute Gasteiger partial charge is 0.493 e. The van der Waals surface area contributed by atoms with E-state index in [1.807, 2.05) is 32.9 Å². The van der Waals surface area contributed by atoms with Gasteiger partial charge in [-0.05, 0) is 38.5 Å². The van der Waals surface area contributed by atoms with Crippen LogP contribution in [0.4, 0.5) is 4.79 Å². The lowest BCUT2D eigenvalue weighted by atomic mass is 10.2. The second kappa shape index (κ2) is 11.2. The molecule has 29 heavy (non-hydrogen) atoms. The highest BCUT2D eigenvalue weighted by molar-refractivity contribution is 5.79. The van der Waals surface area contributed by atoms with Crippen molar-refractivity contribution in [2.45, 2.75) is 32.9 Å². The van der Waals surface area contributed by atoms with E-state index in [1.165, 1.54) is 4.90 Å². The molecule has 0 atom stereocenters. The van der Waals surface area contributed by atoms with Gasteiger partial charge in [-0.1, -0.05) is 0 Å². The molecule has 2 N–H and O–H groups in total. The third-order valence-electron chi connectivity index (χ3n) is 3.85. The first-order valence-corrected chi connectivity index (χ1v) is 9.32. The number of methoxy groups -OCH3 is 3. The number of hydrogen-bond acceptors (Lipinski definition) is 6. The second-order valence-corrected chi connectivity index (χ2v) is 7.29. The van der Waals surface area contributed by atoms with Gasteiger partial charge in [0.05, 0.1) is 21.3 Å². The zero-order valence-electron chi connectivity index (χ0n) is 18.7. The van der Waals surface area contributed by atoms with Gasteiger partial charge in [0.25, 0.3) is 0 Å². The Morgan fingerprint density at radius 2 is 1.66 bits per heavy atom. The smallest absolute Gasteiger partial charge is 0.410 e. The number of likely N-dealkylation sites (N-methyl/N-ethyl adjacent to an activating group) is 1. The fraction of sp³-hybridized carbons (Fsp3) is 0.600. The molecule has 1 aromatic carbocycles. The van der Waals surface area contributed by atoms with Gasteiger partial charge in [0.1, 0.15) is 5.60 Å². The van der Waals surface area contributed by atoms with E-state index >= 15 is 0 Å². The number of ether oxygens (including phenoxy) is 4. The van der Waals surface area contributed by atoms with Gasteiger partial charge < -0.3 is 34.5 Å². The van der Waals surface area contributed by atoms with Crippen molar-refractivity contribution >= 4 is 12.1 Å². The van der Waals surface area contributed by atoms with Crippen molar-refractivity contribution in [1.29, 1.82) is 0 Å². The molecule has 1 amide bonds. The summed E-state index contributed by atoms with van der Waals surface area (Å²) in [6.45, 7) is 7.01. The Hall–Kier alpha value is -2.84. The van der Waals surface area contributed by atoms with Gasteiger partial charge in [0.2, 0.25) is 5.75 Å². The summed E-state index contributed by atoms with van der Waals surface area (Å²) in [5.74, 6) is 2.33. The molecule has 0 aliphatic heterocycles. The van der Waals surface area contributed by atoms with Crippen LogP contribution >= 0.6 is 0 Å². The monoisotopic (exact) mass is 410 g/mol. The Labute approximate surface area is 173 Å². The van der Waals surface area contributed by atoms with Crippen LogP contribution in [0.15, 0.2) is 17.1 Å². The third-order valence-corrected chi connectivity index (χ3v) is 3.85. The Kier molecular flexibility index (Phi) is 9.37. The number of aliphatic imine (C=N–C) groups is 1. The lowest BCUT2D eigenvalue weighted by Crippen LogP contribution is -2.42. The van der Waals surface area contributed by atoms with Crippen LogP contribution in [0.1, 0.15) is 26.3 Å². The number of nitrogens with one attached hydrogen (secondary N) is 2. The number of rotatable bonds is 8. The maximum atomic E-state index is 12.0. The fourth-order valence-electron chi connectivity index (χ4n) is 2.42. The van der Waals surface area contributed by atoms with Crippen LogP contribution in [0.5, 0.6) is 17.2 Å². The Morgan fingerprint density at radius 1 is 1.07 bits per heavy atom. The number of carbonyl (C=O) groups excluding carboxylic acids is 1. The minimum absolute atomic E-state index is 0.361. The summed E-state index contributed by atoms with van der Waals surface area (Å²) in [5, 5.41) is 6.39. The highest BCUT2D eigenvalue weighted by Gasteiger charge is 2.19. The molecule has 0 aliphatic rings. The average Bonchev–Trinajstić information content (AvgIpc) is 2.67. The minimum Gasteiger partial charge on any atom is -0.493 e. The fourth-order valence-corrected chi connectivity index (χ4v) is 2.42. The molecule has 0 radical (unpaired) electrons. The molecule has 9 nitrogen and oxygen atoms in total. The van der Waals surface area contributed by atoms with Gasteiger partial charge in [0.15, 0.2) is 17.5 Å². The molecule has 0 unspecified atom stereocenters. The van der Waals surface area contributed by atoms with Gasteiger partial charge in [-0.25, -0.2) is 4.79 Å². The van der Waals surface area contributed by atoms with Crippen LogP contribution in [0, 0.1) is 0 Å². The number of amides is 1. The normalized spacial score (nSPS) is 11.5. The third kappa shape index (κ3) is 7.97. The summed E-state index contributed by atoms with van der Waals surface area (Å²) in [7, 11) is 8.11. The Balaban J connectivity index is 2.60. The molecule has 0 bridgehead atoms. The first-order chi connectivity index (χ1) is 13.6.